The number of ether oxygens (including phenoxy) is 1. The topological polar surface area (TPSA) is 63.9 Å². The average molecular weight is 398 g/mol. The maximum atomic E-state index is 12.5. The Labute approximate surface area is 168 Å². The highest BCUT2D eigenvalue weighted by molar-refractivity contribution is 6.31. The number of carbonyl (C=O) groups excluding carboxylic acids is 2. The van der Waals surface area contributed by atoms with E-state index in [4.69, 9.17) is 16.3 Å². The molecule has 3 aromatic rings. The average Bonchev–Trinajstić information content (AvgIpc) is 3.00. The zero-order valence-electron chi connectivity index (χ0n) is 15.6. The minimum absolute atomic E-state index is 0.0684. The highest BCUT2D eigenvalue weighted by atomic mass is 35.5. The number of aromatic nitrogens is 2. The van der Waals surface area contributed by atoms with Crippen molar-refractivity contribution in [2.24, 2.45) is 0 Å². The molecule has 0 saturated carbocycles. The van der Waals surface area contributed by atoms with E-state index < -0.39 is 5.97 Å². The van der Waals surface area contributed by atoms with E-state index in [-0.39, 0.29) is 23.7 Å². The molecule has 3 rings (SSSR count). The van der Waals surface area contributed by atoms with Crippen molar-refractivity contribution in [3.05, 3.63) is 71.7 Å². The summed E-state index contributed by atoms with van der Waals surface area (Å²) in [5, 5.41) is 0.279. The summed E-state index contributed by atoms with van der Waals surface area (Å²) in [6, 6.07) is 14.7. The first-order valence-electron chi connectivity index (χ1n) is 8.82. The lowest BCUT2D eigenvalue weighted by Crippen LogP contribution is -2.39. The molecule has 0 saturated heterocycles. The van der Waals surface area contributed by atoms with Crippen LogP contribution < -0.4 is 4.90 Å². The van der Waals surface area contributed by atoms with Crippen LogP contribution in [0.5, 0.6) is 0 Å². The zero-order valence-corrected chi connectivity index (χ0v) is 16.3. The van der Waals surface area contributed by atoms with Crippen LogP contribution in [0.3, 0.4) is 0 Å². The molecule has 0 spiro atoms. The van der Waals surface area contributed by atoms with Gasteiger partial charge in [-0.1, -0.05) is 35.9 Å². The molecule has 2 aromatic heterocycles. The van der Waals surface area contributed by atoms with E-state index in [2.05, 4.69) is 4.98 Å². The molecule has 0 radical (unpaired) electrons. The SMILES string of the molecule is CC(C)N(C(=O)COC(=O)/C=C/c1c(Cl)nc2ccccn12)c1ccccc1. The Morgan fingerprint density at radius 2 is 1.89 bits per heavy atom. The van der Waals surface area contributed by atoms with Crippen molar-refractivity contribution in [1.82, 2.24) is 9.38 Å². The first-order valence-corrected chi connectivity index (χ1v) is 9.19. The predicted octanol–water partition coefficient (Wildman–Crippen LogP) is 3.99. The summed E-state index contributed by atoms with van der Waals surface area (Å²) in [5.74, 6) is -0.928. The minimum atomic E-state index is -0.632. The van der Waals surface area contributed by atoms with Crippen molar-refractivity contribution in [3.8, 4) is 0 Å². The number of imidazole rings is 1. The standard InChI is InChI=1S/C21H20ClN3O3/c1-15(2)25(16-8-4-3-5-9-16)19(26)14-28-20(27)12-11-17-21(22)23-18-10-6-7-13-24(17)18/h3-13,15H,14H2,1-2H3/b12-11+. The number of hydrogen-bond acceptors (Lipinski definition) is 4. The van der Waals surface area contributed by atoms with E-state index in [0.717, 1.165) is 5.69 Å². The van der Waals surface area contributed by atoms with Crippen molar-refractivity contribution in [3.63, 3.8) is 0 Å². The molecule has 0 N–H and O–H groups in total. The third kappa shape index (κ3) is 4.40. The van der Waals surface area contributed by atoms with E-state index in [1.165, 1.54) is 12.2 Å². The smallest absolute Gasteiger partial charge is 0.331 e. The van der Waals surface area contributed by atoms with E-state index in [0.29, 0.717) is 11.3 Å². The summed E-state index contributed by atoms with van der Waals surface area (Å²) in [6.45, 7) is 3.45. The Kier molecular flexibility index (Phi) is 6.11. The van der Waals surface area contributed by atoms with Crippen molar-refractivity contribution in [1.29, 1.82) is 0 Å². The lowest BCUT2D eigenvalue weighted by Gasteiger charge is -2.26. The number of nitrogens with zero attached hydrogens (tertiary/aromatic N) is 3. The number of para-hydroxylation sites is 1. The third-order valence-electron chi connectivity index (χ3n) is 4.06. The fourth-order valence-corrected chi connectivity index (χ4v) is 3.09. The summed E-state index contributed by atoms with van der Waals surface area (Å²) in [5.41, 5.74) is 1.99. The van der Waals surface area contributed by atoms with Crippen LogP contribution in [0.15, 0.2) is 60.8 Å². The number of benzene rings is 1. The molecule has 0 atom stereocenters. The summed E-state index contributed by atoms with van der Waals surface area (Å²) in [7, 11) is 0. The van der Waals surface area contributed by atoms with Crippen LogP contribution in [-0.2, 0) is 14.3 Å². The Hall–Kier alpha value is -3.12. The van der Waals surface area contributed by atoms with Crippen molar-refractivity contribution in [2.45, 2.75) is 19.9 Å². The highest BCUT2D eigenvalue weighted by Crippen LogP contribution is 2.19. The first-order chi connectivity index (χ1) is 13.5. The second-order valence-electron chi connectivity index (χ2n) is 6.35. The van der Waals surface area contributed by atoms with Crippen molar-refractivity contribution in [2.75, 3.05) is 11.5 Å². The van der Waals surface area contributed by atoms with Crippen LogP contribution >= 0.6 is 11.6 Å². The van der Waals surface area contributed by atoms with Gasteiger partial charge in [0.1, 0.15) is 5.65 Å². The van der Waals surface area contributed by atoms with E-state index in [9.17, 15) is 9.59 Å². The Morgan fingerprint density at radius 1 is 1.18 bits per heavy atom. The number of anilines is 1. The molecule has 0 bridgehead atoms. The summed E-state index contributed by atoms with van der Waals surface area (Å²) in [4.78, 5) is 30.4. The van der Waals surface area contributed by atoms with Gasteiger partial charge in [-0.2, -0.15) is 0 Å². The molecule has 0 aliphatic heterocycles. The molecule has 0 aliphatic rings. The number of fused-ring (bicyclic) bond motifs is 1. The summed E-state index contributed by atoms with van der Waals surface area (Å²) < 4.78 is 6.87. The van der Waals surface area contributed by atoms with Crippen LogP contribution in [0.1, 0.15) is 19.5 Å². The normalized spacial score (nSPS) is 11.3. The first kappa shape index (κ1) is 19.6. The number of carbonyl (C=O) groups is 2. The molecule has 144 valence electrons. The second kappa shape index (κ2) is 8.71. The zero-order chi connectivity index (χ0) is 20.1. The summed E-state index contributed by atoms with van der Waals surface area (Å²) >= 11 is 6.13. The van der Waals surface area contributed by atoms with Gasteiger partial charge in [-0.05, 0) is 44.2 Å². The van der Waals surface area contributed by atoms with Crippen LogP contribution in [0, 0.1) is 0 Å². The Balaban J connectivity index is 1.65. The molecule has 2 heterocycles. The molecule has 0 aliphatic carbocycles. The molecule has 1 aromatic carbocycles. The van der Waals surface area contributed by atoms with Gasteiger partial charge in [0.25, 0.3) is 5.91 Å². The molecule has 6 nitrogen and oxygen atoms in total. The van der Waals surface area contributed by atoms with Crippen molar-refractivity contribution >= 4 is 40.9 Å². The number of hydrogen-bond donors (Lipinski definition) is 0. The number of halogens is 1. The Morgan fingerprint density at radius 3 is 2.61 bits per heavy atom. The van der Waals surface area contributed by atoms with Crippen LogP contribution in [0.25, 0.3) is 11.7 Å². The van der Waals surface area contributed by atoms with Gasteiger partial charge in [0.2, 0.25) is 0 Å². The molecule has 1 amide bonds. The number of esters is 1. The minimum Gasteiger partial charge on any atom is -0.452 e. The molecule has 28 heavy (non-hydrogen) atoms. The highest BCUT2D eigenvalue weighted by Gasteiger charge is 2.20. The van der Waals surface area contributed by atoms with Gasteiger partial charge in [-0.15, -0.1) is 0 Å². The summed E-state index contributed by atoms with van der Waals surface area (Å²) in [6.07, 6.45) is 4.55. The quantitative estimate of drug-likeness (QED) is 0.466. The van der Waals surface area contributed by atoms with Crippen LogP contribution in [0.4, 0.5) is 5.69 Å². The molecular formula is C21H20ClN3O3. The monoisotopic (exact) mass is 397 g/mol. The van der Waals surface area contributed by atoms with Gasteiger partial charge in [0, 0.05) is 24.0 Å². The molecule has 7 heteroatoms. The number of pyridine rings is 1. The van der Waals surface area contributed by atoms with E-state index in [1.54, 1.807) is 15.5 Å². The maximum absolute atomic E-state index is 12.5. The fraction of sp³-hybridized carbons (Fsp3) is 0.190. The maximum Gasteiger partial charge on any atom is 0.331 e. The molecule has 0 unspecified atom stereocenters. The van der Waals surface area contributed by atoms with Gasteiger partial charge in [-0.3, -0.25) is 9.20 Å². The largest absolute Gasteiger partial charge is 0.452 e. The van der Waals surface area contributed by atoms with E-state index in [1.807, 2.05) is 62.4 Å². The van der Waals surface area contributed by atoms with Gasteiger partial charge in [0.05, 0.1) is 5.69 Å². The van der Waals surface area contributed by atoms with Crippen LogP contribution in [-0.4, -0.2) is 33.9 Å². The van der Waals surface area contributed by atoms with Gasteiger partial charge in [0.15, 0.2) is 11.8 Å². The van der Waals surface area contributed by atoms with Crippen LogP contribution in [0.2, 0.25) is 5.15 Å². The molecular weight excluding hydrogens is 378 g/mol. The number of rotatable bonds is 6. The Bertz CT molecular complexity index is 1010. The van der Waals surface area contributed by atoms with Gasteiger partial charge < -0.3 is 9.64 Å². The van der Waals surface area contributed by atoms with E-state index >= 15 is 0 Å². The molecule has 0 fully saturated rings. The third-order valence-corrected chi connectivity index (χ3v) is 4.33. The lowest BCUT2D eigenvalue weighted by molar-refractivity contribution is -0.143. The second-order valence-corrected chi connectivity index (χ2v) is 6.71. The lowest BCUT2D eigenvalue weighted by atomic mass is 10.2. The fourth-order valence-electron chi connectivity index (χ4n) is 2.85. The van der Waals surface area contributed by atoms with Gasteiger partial charge in [-0.25, -0.2) is 9.78 Å². The van der Waals surface area contributed by atoms with Crippen molar-refractivity contribution < 1.29 is 14.3 Å². The predicted molar refractivity (Wildman–Crippen MR) is 109 cm³/mol. The van der Waals surface area contributed by atoms with Gasteiger partial charge >= 0.3 is 5.97 Å². The number of amides is 1.